The molecule has 2 aromatic heterocycles. The molecule has 0 radical (unpaired) electrons. The highest BCUT2D eigenvalue weighted by molar-refractivity contribution is 9.10. The van der Waals surface area contributed by atoms with Crippen LogP contribution in [0.15, 0.2) is 22.9 Å². The van der Waals surface area contributed by atoms with Crippen molar-refractivity contribution >= 4 is 21.6 Å². The molecule has 0 aliphatic carbocycles. The molecule has 18 heavy (non-hydrogen) atoms. The second-order valence-corrected chi connectivity index (χ2v) is 5.69. The maximum Gasteiger partial charge on any atom is 0.151 e. The van der Waals surface area contributed by atoms with Crippen molar-refractivity contribution in [2.45, 2.75) is 13.5 Å². The molecule has 96 valence electrons. The minimum Gasteiger partial charge on any atom is -0.314 e. The second kappa shape index (κ2) is 4.99. The Hall–Kier alpha value is -0.910. The highest BCUT2D eigenvalue weighted by Gasteiger charge is 2.13. The van der Waals surface area contributed by atoms with Crippen LogP contribution in [0.4, 0.5) is 0 Å². The normalized spacial score (nSPS) is 17.4. The molecule has 4 nitrogen and oxygen atoms in total. The number of aryl methyl sites for hydroxylation is 1. The first-order chi connectivity index (χ1) is 8.74. The van der Waals surface area contributed by atoms with Gasteiger partial charge in [-0.1, -0.05) is 0 Å². The molecule has 1 aliphatic rings. The molecule has 0 bridgehead atoms. The van der Waals surface area contributed by atoms with Gasteiger partial charge >= 0.3 is 0 Å². The van der Waals surface area contributed by atoms with Gasteiger partial charge in [0.25, 0.3) is 0 Å². The van der Waals surface area contributed by atoms with Crippen LogP contribution in [0.3, 0.4) is 0 Å². The smallest absolute Gasteiger partial charge is 0.151 e. The van der Waals surface area contributed by atoms with Crippen molar-refractivity contribution in [2.24, 2.45) is 0 Å². The highest BCUT2D eigenvalue weighted by atomic mass is 79.9. The van der Waals surface area contributed by atoms with E-state index in [-0.39, 0.29) is 0 Å². The van der Waals surface area contributed by atoms with Crippen LogP contribution in [0, 0.1) is 6.92 Å². The lowest BCUT2D eigenvalue weighted by Crippen LogP contribution is -2.43. The lowest BCUT2D eigenvalue weighted by molar-refractivity contribution is 0.230. The monoisotopic (exact) mass is 308 g/mol. The predicted octanol–water partition coefficient (Wildman–Crippen LogP) is 1.81. The molecule has 1 fully saturated rings. The van der Waals surface area contributed by atoms with E-state index < -0.39 is 0 Å². The number of nitrogens with zero attached hydrogens (tertiary/aromatic N) is 3. The van der Waals surface area contributed by atoms with E-state index >= 15 is 0 Å². The average Bonchev–Trinajstić information content (AvgIpc) is 2.74. The zero-order chi connectivity index (χ0) is 12.5. The molecule has 0 unspecified atom stereocenters. The van der Waals surface area contributed by atoms with Crippen LogP contribution in [0.5, 0.6) is 0 Å². The third kappa shape index (κ3) is 2.30. The summed E-state index contributed by atoms with van der Waals surface area (Å²) in [6.45, 7) is 7.47. The molecule has 0 spiro atoms. The summed E-state index contributed by atoms with van der Waals surface area (Å²) in [6.07, 6.45) is 4.15. The fraction of sp³-hybridized carbons (Fsp3) is 0.462. The van der Waals surface area contributed by atoms with Crippen LogP contribution in [0.1, 0.15) is 11.3 Å². The van der Waals surface area contributed by atoms with Crippen LogP contribution in [0.2, 0.25) is 0 Å². The molecule has 0 atom stereocenters. The van der Waals surface area contributed by atoms with Gasteiger partial charge in [0.2, 0.25) is 0 Å². The summed E-state index contributed by atoms with van der Waals surface area (Å²) < 4.78 is 3.26. The number of hydrogen-bond donors (Lipinski definition) is 1. The van der Waals surface area contributed by atoms with Gasteiger partial charge in [0, 0.05) is 38.9 Å². The molecule has 0 amide bonds. The molecule has 0 saturated carbocycles. The van der Waals surface area contributed by atoms with Gasteiger partial charge < -0.3 is 9.72 Å². The van der Waals surface area contributed by atoms with Crippen molar-refractivity contribution in [2.75, 3.05) is 26.2 Å². The van der Waals surface area contributed by atoms with E-state index in [1.54, 1.807) is 0 Å². The van der Waals surface area contributed by atoms with Gasteiger partial charge in [-0.25, -0.2) is 4.98 Å². The lowest BCUT2D eigenvalue weighted by atomic mass is 10.3. The number of rotatable bonds is 2. The summed E-state index contributed by atoms with van der Waals surface area (Å²) in [7, 11) is 0. The summed E-state index contributed by atoms with van der Waals surface area (Å²) in [5.41, 5.74) is 3.51. The Balaban J connectivity index is 1.92. The molecule has 1 N–H and O–H groups in total. The van der Waals surface area contributed by atoms with Gasteiger partial charge in [0.1, 0.15) is 0 Å². The molecule has 1 saturated heterocycles. The molecular weight excluding hydrogens is 292 g/mol. The maximum absolute atomic E-state index is 4.50. The molecule has 2 aromatic rings. The van der Waals surface area contributed by atoms with Crippen molar-refractivity contribution in [1.82, 2.24) is 19.6 Å². The predicted molar refractivity (Wildman–Crippen MR) is 75.8 cm³/mol. The van der Waals surface area contributed by atoms with Crippen LogP contribution < -0.4 is 5.32 Å². The fourth-order valence-corrected chi connectivity index (χ4v) is 3.09. The minimum atomic E-state index is 0.971. The molecule has 3 rings (SSSR count). The summed E-state index contributed by atoms with van der Waals surface area (Å²) >= 11 is 3.58. The first-order valence-corrected chi connectivity index (χ1v) is 7.08. The molecule has 0 aromatic carbocycles. The van der Waals surface area contributed by atoms with Gasteiger partial charge in [-0.2, -0.15) is 0 Å². The van der Waals surface area contributed by atoms with Crippen molar-refractivity contribution in [3.8, 4) is 0 Å². The number of imidazole rings is 1. The number of hydrogen-bond acceptors (Lipinski definition) is 3. The number of pyridine rings is 1. The molecular formula is C13H17BrN4. The Bertz CT molecular complexity index is 557. The quantitative estimate of drug-likeness (QED) is 0.918. The molecule has 5 heteroatoms. The summed E-state index contributed by atoms with van der Waals surface area (Å²) in [5, 5.41) is 3.38. The van der Waals surface area contributed by atoms with E-state index in [1.807, 2.05) is 6.20 Å². The summed E-state index contributed by atoms with van der Waals surface area (Å²) in [6, 6.07) is 2.11. The second-order valence-electron chi connectivity index (χ2n) is 4.83. The van der Waals surface area contributed by atoms with E-state index in [4.69, 9.17) is 0 Å². The Morgan fingerprint density at radius 3 is 2.94 bits per heavy atom. The number of halogens is 1. The van der Waals surface area contributed by atoms with E-state index in [1.165, 1.54) is 11.3 Å². The van der Waals surface area contributed by atoms with Gasteiger partial charge in [0.05, 0.1) is 16.4 Å². The zero-order valence-electron chi connectivity index (χ0n) is 10.5. The Morgan fingerprint density at radius 1 is 1.39 bits per heavy atom. The van der Waals surface area contributed by atoms with Crippen LogP contribution in [-0.2, 0) is 6.54 Å². The van der Waals surface area contributed by atoms with E-state index in [0.29, 0.717) is 0 Å². The SMILES string of the molecule is Cc1cc(Br)c2ncc(CN3CCNCC3)n2c1. The third-order valence-electron chi connectivity index (χ3n) is 3.37. The standard InChI is InChI=1S/C13H17BrN4/c1-10-6-12(14)13-16-7-11(18(13)8-10)9-17-4-2-15-3-5-17/h6-8,15H,2-5,9H2,1H3. The fourth-order valence-electron chi connectivity index (χ4n) is 2.44. The average molecular weight is 309 g/mol. The van der Waals surface area contributed by atoms with Gasteiger partial charge in [-0.05, 0) is 34.5 Å². The van der Waals surface area contributed by atoms with Crippen molar-refractivity contribution < 1.29 is 0 Å². The lowest BCUT2D eigenvalue weighted by Gasteiger charge is -2.26. The summed E-state index contributed by atoms with van der Waals surface area (Å²) in [4.78, 5) is 6.97. The summed E-state index contributed by atoms with van der Waals surface area (Å²) in [5.74, 6) is 0. The number of piperazine rings is 1. The minimum absolute atomic E-state index is 0.971. The van der Waals surface area contributed by atoms with Crippen molar-refractivity contribution in [1.29, 1.82) is 0 Å². The van der Waals surface area contributed by atoms with E-state index in [0.717, 1.165) is 42.8 Å². The Labute approximate surface area is 115 Å². The highest BCUT2D eigenvalue weighted by Crippen LogP contribution is 2.20. The van der Waals surface area contributed by atoms with Crippen molar-refractivity contribution in [3.63, 3.8) is 0 Å². The number of fused-ring (bicyclic) bond motifs is 1. The van der Waals surface area contributed by atoms with E-state index in [9.17, 15) is 0 Å². The van der Waals surface area contributed by atoms with Crippen LogP contribution in [-0.4, -0.2) is 40.5 Å². The largest absolute Gasteiger partial charge is 0.314 e. The zero-order valence-corrected chi connectivity index (χ0v) is 12.1. The van der Waals surface area contributed by atoms with E-state index in [2.05, 4.69) is 54.7 Å². The van der Waals surface area contributed by atoms with Gasteiger partial charge in [-0.15, -0.1) is 0 Å². The van der Waals surface area contributed by atoms with Crippen LogP contribution >= 0.6 is 15.9 Å². The maximum atomic E-state index is 4.50. The topological polar surface area (TPSA) is 32.6 Å². The molecule has 3 heterocycles. The number of nitrogens with one attached hydrogen (secondary N) is 1. The number of aromatic nitrogens is 2. The first-order valence-electron chi connectivity index (χ1n) is 6.29. The first kappa shape index (κ1) is 12.1. The van der Waals surface area contributed by atoms with Gasteiger partial charge in [-0.3, -0.25) is 4.90 Å². The third-order valence-corrected chi connectivity index (χ3v) is 3.95. The van der Waals surface area contributed by atoms with Gasteiger partial charge in [0.15, 0.2) is 5.65 Å². The molecule has 1 aliphatic heterocycles. The Morgan fingerprint density at radius 2 is 2.17 bits per heavy atom. The van der Waals surface area contributed by atoms with Crippen LogP contribution in [0.25, 0.3) is 5.65 Å². The Kier molecular flexibility index (Phi) is 3.37. The van der Waals surface area contributed by atoms with Crippen molar-refractivity contribution in [3.05, 3.63) is 34.2 Å².